The second-order valence-electron chi connectivity index (χ2n) is 7.62. The molecule has 0 saturated carbocycles. The van der Waals surface area contributed by atoms with E-state index in [-0.39, 0.29) is 6.10 Å². The highest BCUT2D eigenvalue weighted by molar-refractivity contribution is 5.27. The normalized spacial score (nSPS) is 26.6. The molecule has 2 aliphatic heterocycles. The van der Waals surface area contributed by atoms with Gasteiger partial charge in [0.05, 0.1) is 13.2 Å². The topological polar surface area (TPSA) is 35.9 Å². The zero-order chi connectivity index (χ0) is 17.9. The minimum atomic E-state index is -0.168. The number of methoxy groups -OCH3 is 1. The number of hydrogen-bond donors (Lipinski definition) is 1. The highest BCUT2D eigenvalue weighted by atomic mass is 16.5. The number of rotatable bonds is 5. The molecule has 0 amide bonds. The summed E-state index contributed by atoms with van der Waals surface area (Å²) in [4.78, 5) is 5.09. The van der Waals surface area contributed by atoms with Crippen LogP contribution in [0.1, 0.15) is 17.5 Å². The molecule has 0 bridgehead atoms. The van der Waals surface area contributed by atoms with Crippen molar-refractivity contribution < 1.29 is 9.84 Å². The van der Waals surface area contributed by atoms with Gasteiger partial charge in [0.2, 0.25) is 0 Å². The van der Waals surface area contributed by atoms with E-state index in [0.29, 0.717) is 12.1 Å². The third-order valence-electron chi connectivity index (χ3n) is 5.77. The number of hydrogen-bond acceptors (Lipinski definition) is 4. The number of fused-ring (bicyclic) bond motifs is 1. The highest BCUT2D eigenvalue weighted by Crippen LogP contribution is 2.28. The van der Waals surface area contributed by atoms with Crippen molar-refractivity contribution in [1.29, 1.82) is 0 Å². The average molecular weight is 352 g/mol. The third-order valence-corrected chi connectivity index (χ3v) is 5.77. The quantitative estimate of drug-likeness (QED) is 0.897. The van der Waals surface area contributed by atoms with Crippen LogP contribution in [0.5, 0.6) is 5.75 Å². The van der Waals surface area contributed by atoms with Crippen molar-refractivity contribution in [2.75, 3.05) is 26.7 Å². The summed E-state index contributed by atoms with van der Waals surface area (Å²) in [5, 5.41) is 10.1. The largest absolute Gasteiger partial charge is 0.497 e. The molecule has 2 heterocycles. The minimum Gasteiger partial charge on any atom is -0.497 e. The van der Waals surface area contributed by atoms with Crippen molar-refractivity contribution in [2.24, 2.45) is 0 Å². The van der Waals surface area contributed by atoms with Gasteiger partial charge in [-0.1, -0.05) is 42.5 Å². The summed E-state index contributed by atoms with van der Waals surface area (Å²) in [7, 11) is 1.70. The van der Waals surface area contributed by atoms with Gasteiger partial charge in [-0.15, -0.1) is 0 Å². The molecule has 0 radical (unpaired) electrons. The predicted molar refractivity (Wildman–Crippen MR) is 103 cm³/mol. The zero-order valence-electron chi connectivity index (χ0n) is 15.4. The summed E-state index contributed by atoms with van der Waals surface area (Å²) in [6, 6.07) is 20.1. The number of aliphatic hydroxyl groups is 1. The fourth-order valence-electron chi connectivity index (χ4n) is 4.42. The van der Waals surface area contributed by atoms with Gasteiger partial charge in [-0.3, -0.25) is 9.80 Å². The van der Waals surface area contributed by atoms with E-state index in [4.69, 9.17) is 4.74 Å². The maximum absolute atomic E-state index is 10.1. The Labute approximate surface area is 156 Å². The number of piperazine rings is 1. The average Bonchev–Trinajstić information content (AvgIpc) is 3.02. The minimum absolute atomic E-state index is 0.168. The molecule has 138 valence electrons. The van der Waals surface area contributed by atoms with Gasteiger partial charge in [0.25, 0.3) is 0 Å². The van der Waals surface area contributed by atoms with Crippen molar-refractivity contribution in [1.82, 2.24) is 9.80 Å². The molecule has 0 aromatic heterocycles. The van der Waals surface area contributed by atoms with Gasteiger partial charge in [0.1, 0.15) is 5.75 Å². The molecule has 2 aliphatic rings. The fourth-order valence-corrected chi connectivity index (χ4v) is 4.42. The first-order chi connectivity index (χ1) is 12.7. The lowest BCUT2D eigenvalue weighted by atomic mass is 9.99. The molecule has 4 heteroatoms. The Morgan fingerprint density at radius 1 is 0.962 bits per heavy atom. The summed E-state index contributed by atoms with van der Waals surface area (Å²) in [6.07, 6.45) is 1.78. The maximum atomic E-state index is 10.1. The monoisotopic (exact) mass is 352 g/mol. The Morgan fingerprint density at radius 3 is 2.46 bits per heavy atom. The van der Waals surface area contributed by atoms with E-state index in [2.05, 4.69) is 52.3 Å². The zero-order valence-corrected chi connectivity index (χ0v) is 15.4. The van der Waals surface area contributed by atoms with Crippen molar-refractivity contribution in [3.05, 3.63) is 65.7 Å². The van der Waals surface area contributed by atoms with Gasteiger partial charge >= 0.3 is 0 Å². The molecule has 2 aromatic rings. The molecular weight excluding hydrogens is 324 g/mol. The second kappa shape index (κ2) is 7.78. The summed E-state index contributed by atoms with van der Waals surface area (Å²) in [5.74, 6) is 0.901. The molecule has 2 aromatic carbocycles. The Morgan fingerprint density at radius 2 is 1.73 bits per heavy atom. The van der Waals surface area contributed by atoms with Gasteiger partial charge in [0.15, 0.2) is 0 Å². The molecule has 2 saturated heterocycles. The fraction of sp³-hybridized carbons (Fsp3) is 0.455. The first-order valence-corrected chi connectivity index (χ1v) is 9.54. The number of ether oxygens (including phenoxy) is 1. The first kappa shape index (κ1) is 17.5. The van der Waals surface area contributed by atoms with E-state index < -0.39 is 0 Å². The van der Waals surface area contributed by atoms with Crippen LogP contribution in [0, 0.1) is 0 Å². The molecule has 0 aliphatic carbocycles. The number of nitrogens with zero attached hydrogens (tertiary/aromatic N) is 2. The molecule has 2 fully saturated rings. The van der Waals surface area contributed by atoms with Crippen LogP contribution in [0.2, 0.25) is 0 Å². The first-order valence-electron chi connectivity index (χ1n) is 9.54. The number of benzene rings is 2. The van der Waals surface area contributed by atoms with Gasteiger partial charge < -0.3 is 9.84 Å². The van der Waals surface area contributed by atoms with Gasteiger partial charge in [-0.25, -0.2) is 0 Å². The second-order valence-corrected chi connectivity index (χ2v) is 7.62. The van der Waals surface area contributed by atoms with Crippen LogP contribution < -0.4 is 4.74 Å². The van der Waals surface area contributed by atoms with Crippen LogP contribution in [0.3, 0.4) is 0 Å². The predicted octanol–water partition coefficient (Wildman–Crippen LogP) is 2.56. The summed E-state index contributed by atoms with van der Waals surface area (Å²) >= 11 is 0. The van der Waals surface area contributed by atoms with Crippen LogP contribution in [0.15, 0.2) is 54.6 Å². The molecule has 0 unspecified atom stereocenters. The van der Waals surface area contributed by atoms with Crippen molar-refractivity contribution >= 4 is 0 Å². The van der Waals surface area contributed by atoms with Crippen molar-refractivity contribution in [2.45, 2.75) is 37.6 Å². The van der Waals surface area contributed by atoms with Gasteiger partial charge in [-0.2, -0.15) is 0 Å². The van der Waals surface area contributed by atoms with Crippen molar-refractivity contribution in [3.8, 4) is 5.75 Å². The SMILES string of the molecule is COc1ccc(CN2C[C@@H]3C[C@@H](O)CN3C[C@@H]2Cc2ccccc2)cc1. The van der Waals surface area contributed by atoms with Crippen molar-refractivity contribution in [3.63, 3.8) is 0 Å². The van der Waals surface area contributed by atoms with Gasteiger partial charge in [0, 0.05) is 38.3 Å². The summed E-state index contributed by atoms with van der Waals surface area (Å²) < 4.78 is 5.28. The standard InChI is InChI=1S/C22H28N2O2/c1-26-22-9-7-18(8-10-22)13-23-15-20-12-21(25)16-24(20)14-19(23)11-17-5-3-2-4-6-17/h2-10,19-21,25H,11-16H2,1H3/t19-,20-,21+/m0/s1. The van der Waals surface area contributed by atoms with E-state index in [1.165, 1.54) is 11.1 Å². The Kier molecular flexibility index (Phi) is 5.25. The summed E-state index contributed by atoms with van der Waals surface area (Å²) in [6.45, 7) is 3.83. The van der Waals surface area contributed by atoms with E-state index >= 15 is 0 Å². The molecule has 3 atom stereocenters. The van der Waals surface area contributed by atoms with Crippen LogP contribution in [-0.2, 0) is 13.0 Å². The number of aliphatic hydroxyl groups excluding tert-OH is 1. The van der Waals surface area contributed by atoms with E-state index in [1.807, 2.05) is 12.1 Å². The molecular formula is C22H28N2O2. The maximum Gasteiger partial charge on any atom is 0.118 e. The molecule has 0 spiro atoms. The lowest BCUT2D eigenvalue weighted by molar-refractivity contribution is 0.0445. The van der Waals surface area contributed by atoms with E-state index in [1.54, 1.807) is 7.11 Å². The van der Waals surface area contributed by atoms with Gasteiger partial charge in [-0.05, 0) is 36.1 Å². The van der Waals surface area contributed by atoms with Crippen LogP contribution >= 0.6 is 0 Å². The highest BCUT2D eigenvalue weighted by Gasteiger charge is 2.39. The third kappa shape index (κ3) is 3.93. The molecule has 26 heavy (non-hydrogen) atoms. The summed E-state index contributed by atoms with van der Waals surface area (Å²) in [5.41, 5.74) is 2.70. The van der Waals surface area contributed by atoms with Crippen LogP contribution in [0.25, 0.3) is 0 Å². The molecule has 4 nitrogen and oxygen atoms in total. The lowest BCUT2D eigenvalue weighted by Crippen LogP contribution is -2.56. The van der Waals surface area contributed by atoms with Crippen LogP contribution in [0.4, 0.5) is 0 Å². The van der Waals surface area contributed by atoms with E-state index in [9.17, 15) is 5.11 Å². The smallest absolute Gasteiger partial charge is 0.118 e. The Balaban J connectivity index is 1.51. The van der Waals surface area contributed by atoms with Crippen LogP contribution in [-0.4, -0.2) is 59.8 Å². The Bertz CT molecular complexity index is 704. The molecule has 4 rings (SSSR count). The lowest BCUT2D eigenvalue weighted by Gasteiger charge is -2.44. The van der Waals surface area contributed by atoms with E-state index in [0.717, 1.165) is 44.8 Å². The Hall–Kier alpha value is -1.88. The molecule has 1 N–H and O–H groups in total.